The quantitative estimate of drug-likeness (QED) is 0.719. The van der Waals surface area contributed by atoms with Crippen molar-refractivity contribution in [1.82, 2.24) is 0 Å². The Kier molecular flexibility index (Phi) is 6.07. The summed E-state index contributed by atoms with van der Waals surface area (Å²) in [5.41, 5.74) is 0.949. The summed E-state index contributed by atoms with van der Waals surface area (Å²) >= 11 is 1.25. The van der Waals surface area contributed by atoms with Crippen LogP contribution in [-0.4, -0.2) is 46.3 Å². The molecule has 1 aromatic heterocycles. The monoisotopic (exact) mass is 419 g/mol. The van der Waals surface area contributed by atoms with Gasteiger partial charge >= 0.3 is 11.9 Å². The fraction of sp³-hybridized carbons (Fsp3) is 0.350. The number of esters is 2. The van der Waals surface area contributed by atoms with Crippen LogP contribution in [0.2, 0.25) is 0 Å². The Morgan fingerprint density at radius 2 is 1.66 bits per heavy atom. The summed E-state index contributed by atoms with van der Waals surface area (Å²) in [6.07, 6.45) is 1.16. The van der Waals surface area contributed by atoms with Gasteiger partial charge in [0.1, 0.15) is 22.1 Å². The topological polar surface area (TPSA) is 100 Å². The summed E-state index contributed by atoms with van der Waals surface area (Å²) in [4.78, 5) is 38.6. The average Bonchev–Trinajstić information content (AvgIpc) is 3.30. The zero-order chi connectivity index (χ0) is 21.1. The van der Waals surface area contributed by atoms with Crippen molar-refractivity contribution in [2.75, 3.05) is 33.8 Å². The van der Waals surface area contributed by atoms with Gasteiger partial charge < -0.3 is 24.3 Å². The standard InChI is InChI=1S/C20H21NO7S/c1-25-11-6-5-7-12(26-2)15(11)17(22)21-18-16(20(24)28-4)14-10(19(23)27-3)8-9-13(14)29-18/h5-7,10H,8-9H2,1-4H3,(H,21,22)/t10-/m0/s1. The minimum absolute atomic E-state index is 0.183. The summed E-state index contributed by atoms with van der Waals surface area (Å²) in [5.74, 6) is -1.45. The molecule has 154 valence electrons. The van der Waals surface area contributed by atoms with E-state index < -0.39 is 23.8 Å². The molecule has 3 rings (SSSR count). The number of carbonyl (C=O) groups is 3. The lowest BCUT2D eigenvalue weighted by atomic mass is 9.99. The third-order valence-electron chi connectivity index (χ3n) is 4.79. The predicted octanol–water partition coefficient (Wildman–Crippen LogP) is 3.01. The number of hydrogen-bond acceptors (Lipinski definition) is 8. The lowest BCUT2D eigenvalue weighted by molar-refractivity contribution is -0.142. The van der Waals surface area contributed by atoms with E-state index in [4.69, 9.17) is 18.9 Å². The van der Waals surface area contributed by atoms with Crippen LogP contribution in [-0.2, 0) is 20.7 Å². The van der Waals surface area contributed by atoms with E-state index in [0.29, 0.717) is 34.9 Å². The maximum absolute atomic E-state index is 13.0. The molecule has 8 nitrogen and oxygen atoms in total. The summed E-state index contributed by atoms with van der Waals surface area (Å²) in [7, 11) is 5.46. The van der Waals surface area contributed by atoms with E-state index in [1.165, 1.54) is 39.8 Å². The van der Waals surface area contributed by atoms with Gasteiger partial charge in [-0.2, -0.15) is 0 Å². The molecule has 1 amide bonds. The van der Waals surface area contributed by atoms with Crippen LogP contribution in [0, 0.1) is 0 Å². The lowest BCUT2D eigenvalue weighted by Gasteiger charge is -2.14. The van der Waals surface area contributed by atoms with Gasteiger partial charge in [-0.15, -0.1) is 11.3 Å². The second kappa shape index (κ2) is 8.52. The highest BCUT2D eigenvalue weighted by molar-refractivity contribution is 7.17. The third-order valence-corrected chi connectivity index (χ3v) is 5.97. The zero-order valence-electron chi connectivity index (χ0n) is 16.5. The molecule has 1 aliphatic carbocycles. The number of fused-ring (bicyclic) bond motifs is 1. The van der Waals surface area contributed by atoms with Crippen molar-refractivity contribution in [3.05, 3.63) is 39.8 Å². The molecule has 1 atom stereocenters. The SMILES string of the molecule is COC(=O)c1c(NC(=O)c2c(OC)cccc2OC)sc2c1[C@@H](C(=O)OC)CC2. The number of ether oxygens (including phenoxy) is 4. The molecule has 0 fully saturated rings. The molecule has 1 aliphatic rings. The zero-order valence-corrected chi connectivity index (χ0v) is 17.3. The number of benzene rings is 1. The summed E-state index contributed by atoms with van der Waals surface area (Å²) < 4.78 is 20.3. The summed E-state index contributed by atoms with van der Waals surface area (Å²) in [6.45, 7) is 0. The van der Waals surface area contributed by atoms with Crippen molar-refractivity contribution in [3.63, 3.8) is 0 Å². The van der Waals surface area contributed by atoms with Gasteiger partial charge in [-0.3, -0.25) is 9.59 Å². The Labute approximate surface area is 171 Å². The smallest absolute Gasteiger partial charge is 0.341 e. The van der Waals surface area contributed by atoms with Crippen LogP contribution < -0.4 is 14.8 Å². The molecule has 0 bridgehead atoms. The van der Waals surface area contributed by atoms with Gasteiger partial charge in [0, 0.05) is 4.88 Å². The van der Waals surface area contributed by atoms with Crippen LogP contribution in [0.1, 0.15) is 43.5 Å². The minimum atomic E-state index is -0.624. The molecule has 0 radical (unpaired) electrons. The van der Waals surface area contributed by atoms with Gasteiger partial charge in [0.2, 0.25) is 0 Å². The molecule has 2 aromatic rings. The maximum atomic E-state index is 13.0. The number of hydrogen-bond donors (Lipinski definition) is 1. The number of rotatable bonds is 6. The van der Waals surface area contributed by atoms with Gasteiger partial charge in [-0.25, -0.2) is 4.79 Å². The Bertz CT molecular complexity index is 944. The van der Waals surface area contributed by atoms with E-state index in [1.807, 2.05) is 0 Å². The van der Waals surface area contributed by atoms with Crippen LogP contribution in [0.25, 0.3) is 0 Å². The molecule has 0 spiro atoms. The molecule has 1 heterocycles. The maximum Gasteiger partial charge on any atom is 0.341 e. The lowest BCUT2D eigenvalue weighted by Crippen LogP contribution is -2.18. The minimum Gasteiger partial charge on any atom is -0.496 e. The first-order chi connectivity index (χ1) is 14.0. The molecule has 1 N–H and O–H groups in total. The molecule has 0 saturated heterocycles. The van der Waals surface area contributed by atoms with E-state index in [1.54, 1.807) is 18.2 Å². The van der Waals surface area contributed by atoms with Crippen molar-refractivity contribution < 1.29 is 33.3 Å². The van der Waals surface area contributed by atoms with Crippen LogP contribution in [0.3, 0.4) is 0 Å². The first-order valence-electron chi connectivity index (χ1n) is 8.80. The number of anilines is 1. The molecule has 0 aliphatic heterocycles. The highest BCUT2D eigenvalue weighted by Crippen LogP contribution is 2.46. The van der Waals surface area contributed by atoms with Gasteiger partial charge in [0.15, 0.2) is 0 Å². The number of thiophene rings is 1. The Morgan fingerprint density at radius 1 is 1.00 bits per heavy atom. The number of aryl methyl sites for hydroxylation is 1. The van der Waals surface area contributed by atoms with E-state index in [0.717, 1.165) is 4.88 Å². The fourth-order valence-corrected chi connectivity index (χ4v) is 4.74. The molecule has 0 saturated carbocycles. The molecule has 1 aromatic carbocycles. The van der Waals surface area contributed by atoms with E-state index in [-0.39, 0.29) is 11.1 Å². The molecular formula is C20H21NO7S. The Morgan fingerprint density at radius 3 is 2.21 bits per heavy atom. The number of amides is 1. The number of nitrogens with one attached hydrogen (secondary N) is 1. The van der Waals surface area contributed by atoms with E-state index >= 15 is 0 Å². The Balaban J connectivity index is 2.04. The first kappa shape index (κ1) is 20.7. The third kappa shape index (κ3) is 3.65. The number of carbonyl (C=O) groups excluding carboxylic acids is 3. The van der Waals surface area contributed by atoms with E-state index in [2.05, 4.69) is 5.32 Å². The Hall–Kier alpha value is -3.07. The first-order valence-corrected chi connectivity index (χ1v) is 9.62. The van der Waals surface area contributed by atoms with Gasteiger partial charge in [-0.1, -0.05) is 6.07 Å². The van der Waals surface area contributed by atoms with Gasteiger partial charge in [-0.05, 0) is 30.5 Å². The van der Waals surface area contributed by atoms with Gasteiger partial charge in [0.25, 0.3) is 5.91 Å². The molecule has 9 heteroatoms. The van der Waals surface area contributed by atoms with Crippen molar-refractivity contribution >= 4 is 34.2 Å². The van der Waals surface area contributed by atoms with Crippen LogP contribution in [0.15, 0.2) is 18.2 Å². The predicted molar refractivity (Wildman–Crippen MR) is 106 cm³/mol. The highest BCUT2D eigenvalue weighted by atomic mass is 32.1. The largest absolute Gasteiger partial charge is 0.496 e. The normalized spacial score (nSPS) is 14.7. The summed E-state index contributed by atoms with van der Waals surface area (Å²) in [5, 5.41) is 3.08. The average molecular weight is 419 g/mol. The fourth-order valence-electron chi connectivity index (χ4n) is 3.48. The van der Waals surface area contributed by atoms with Crippen molar-refractivity contribution in [2.45, 2.75) is 18.8 Å². The van der Waals surface area contributed by atoms with Crippen LogP contribution >= 0.6 is 11.3 Å². The molecule has 0 unspecified atom stereocenters. The highest BCUT2D eigenvalue weighted by Gasteiger charge is 2.38. The van der Waals surface area contributed by atoms with Crippen molar-refractivity contribution in [3.8, 4) is 11.5 Å². The second-order valence-electron chi connectivity index (χ2n) is 6.24. The molecular weight excluding hydrogens is 398 g/mol. The van der Waals surface area contributed by atoms with Crippen molar-refractivity contribution in [2.24, 2.45) is 0 Å². The molecule has 29 heavy (non-hydrogen) atoms. The summed E-state index contributed by atoms with van der Waals surface area (Å²) in [6, 6.07) is 4.98. The second-order valence-corrected chi connectivity index (χ2v) is 7.35. The van der Waals surface area contributed by atoms with Crippen LogP contribution in [0.4, 0.5) is 5.00 Å². The number of methoxy groups -OCH3 is 4. The van der Waals surface area contributed by atoms with Gasteiger partial charge in [0.05, 0.1) is 39.9 Å². The van der Waals surface area contributed by atoms with Crippen LogP contribution in [0.5, 0.6) is 11.5 Å². The van der Waals surface area contributed by atoms with E-state index in [9.17, 15) is 14.4 Å². The van der Waals surface area contributed by atoms with Crippen molar-refractivity contribution in [1.29, 1.82) is 0 Å².